The van der Waals surface area contributed by atoms with Crippen LogP contribution in [0.25, 0.3) is 5.69 Å². The SMILES string of the molecule is O=C(Nc1ncc(Cc2ccc(F)cc2F)s1)c1ccn(-c2ccc([N+](=O)[O-])cc2)n1. The fourth-order valence-electron chi connectivity index (χ4n) is 2.78. The molecule has 4 rings (SSSR count). The first kappa shape index (κ1) is 20.3. The van der Waals surface area contributed by atoms with Crippen LogP contribution in [0.1, 0.15) is 20.9 Å². The molecule has 2 aromatic heterocycles. The van der Waals surface area contributed by atoms with E-state index in [1.807, 2.05) is 0 Å². The van der Waals surface area contributed by atoms with E-state index in [2.05, 4.69) is 15.4 Å². The van der Waals surface area contributed by atoms with Crippen LogP contribution < -0.4 is 5.32 Å². The molecule has 0 bridgehead atoms. The van der Waals surface area contributed by atoms with Crippen molar-refractivity contribution in [1.29, 1.82) is 0 Å². The van der Waals surface area contributed by atoms with E-state index in [1.165, 1.54) is 64.7 Å². The smallest absolute Gasteiger partial charge is 0.277 e. The van der Waals surface area contributed by atoms with E-state index in [0.717, 1.165) is 6.07 Å². The number of hydrogen-bond acceptors (Lipinski definition) is 6. The Morgan fingerprint density at radius 2 is 1.94 bits per heavy atom. The number of carbonyl (C=O) groups is 1. The van der Waals surface area contributed by atoms with Gasteiger partial charge in [0.25, 0.3) is 11.6 Å². The first-order valence-corrected chi connectivity index (χ1v) is 9.71. The summed E-state index contributed by atoms with van der Waals surface area (Å²) in [6, 6.07) is 10.6. The molecule has 2 heterocycles. The fourth-order valence-corrected chi connectivity index (χ4v) is 3.61. The minimum Gasteiger partial charge on any atom is -0.296 e. The van der Waals surface area contributed by atoms with Gasteiger partial charge in [-0.05, 0) is 29.8 Å². The Labute approximate surface area is 177 Å². The molecule has 8 nitrogen and oxygen atoms in total. The topological polar surface area (TPSA) is 103 Å². The van der Waals surface area contributed by atoms with Gasteiger partial charge in [0.15, 0.2) is 10.8 Å². The van der Waals surface area contributed by atoms with Crippen molar-refractivity contribution in [2.24, 2.45) is 0 Å². The van der Waals surface area contributed by atoms with Crippen LogP contribution in [0.3, 0.4) is 0 Å². The first-order chi connectivity index (χ1) is 14.9. The van der Waals surface area contributed by atoms with Crippen molar-refractivity contribution in [1.82, 2.24) is 14.8 Å². The second-order valence-corrected chi connectivity index (χ2v) is 7.53. The van der Waals surface area contributed by atoms with Crippen LogP contribution in [0.5, 0.6) is 0 Å². The van der Waals surface area contributed by atoms with Crippen LogP contribution in [0, 0.1) is 21.7 Å². The largest absolute Gasteiger partial charge is 0.296 e. The molecule has 0 saturated carbocycles. The van der Waals surface area contributed by atoms with Gasteiger partial charge in [-0.2, -0.15) is 5.10 Å². The standard InChI is InChI=1S/C20H13F2N5O3S/c21-13-2-1-12(17(22)10-13)9-16-11-23-20(31-16)24-19(28)18-7-8-26(25-18)14-3-5-15(6-4-14)27(29)30/h1-8,10-11H,9H2,(H,23,24,28). The molecule has 31 heavy (non-hydrogen) atoms. The highest BCUT2D eigenvalue weighted by Crippen LogP contribution is 2.23. The van der Waals surface area contributed by atoms with Crippen molar-refractivity contribution >= 4 is 28.1 Å². The number of halogens is 2. The van der Waals surface area contributed by atoms with E-state index in [-0.39, 0.29) is 17.8 Å². The minimum atomic E-state index is -0.647. The Hall–Kier alpha value is -3.99. The van der Waals surface area contributed by atoms with Gasteiger partial charge >= 0.3 is 0 Å². The van der Waals surface area contributed by atoms with Gasteiger partial charge in [-0.25, -0.2) is 18.4 Å². The first-order valence-electron chi connectivity index (χ1n) is 8.89. The number of non-ortho nitro benzene ring substituents is 1. The number of hydrogen-bond donors (Lipinski definition) is 1. The van der Waals surface area contributed by atoms with E-state index < -0.39 is 22.5 Å². The number of carbonyl (C=O) groups excluding carboxylic acids is 1. The van der Waals surface area contributed by atoms with Crippen molar-refractivity contribution < 1.29 is 18.5 Å². The second-order valence-electron chi connectivity index (χ2n) is 6.42. The molecule has 11 heteroatoms. The number of anilines is 1. The summed E-state index contributed by atoms with van der Waals surface area (Å²) in [5, 5.41) is 17.9. The summed E-state index contributed by atoms with van der Waals surface area (Å²) in [4.78, 5) is 27.5. The molecular formula is C20H13F2N5O3S. The van der Waals surface area contributed by atoms with Gasteiger partial charge in [0.2, 0.25) is 0 Å². The summed E-state index contributed by atoms with van der Waals surface area (Å²) >= 11 is 1.17. The molecular weight excluding hydrogens is 428 g/mol. The Bertz CT molecular complexity index is 1270. The van der Waals surface area contributed by atoms with Gasteiger partial charge in [0, 0.05) is 41.9 Å². The Morgan fingerprint density at radius 1 is 1.16 bits per heavy atom. The van der Waals surface area contributed by atoms with Crippen LogP contribution in [-0.4, -0.2) is 25.6 Å². The molecule has 0 fully saturated rings. The lowest BCUT2D eigenvalue weighted by Crippen LogP contribution is -2.12. The maximum atomic E-state index is 13.8. The number of nitro groups is 1. The minimum absolute atomic E-state index is 0.0473. The highest BCUT2D eigenvalue weighted by Gasteiger charge is 2.14. The van der Waals surface area contributed by atoms with Gasteiger partial charge in [0.1, 0.15) is 11.6 Å². The number of amides is 1. The number of nitrogens with zero attached hydrogens (tertiary/aromatic N) is 4. The summed E-state index contributed by atoms with van der Waals surface area (Å²) in [5.41, 5.74) is 0.959. The summed E-state index contributed by atoms with van der Waals surface area (Å²) < 4.78 is 28.3. The molecule has 0 radical (unpaired) electrons. The zero-order valence-electron chi connectivity index (χ0n) is 15.7. The molecule has 0 unspecified atom stereocenters. The molecule has 156 valence electrons. The monoisotopic (exact) mass is 441 g/mol. The molecule has 0 aliphatic carbocycles. The van der Waals surface area contributed by atoms with Crippen LogP contribution in [0.4, 0.5) is 19.6 Å². The van der Waals surface area contributed by atoms with Crippen molar-refractivity contribution in [3.63, 3.8) is 0 Å². The highest BCUT2D eigenvalue weighted by molar-refractivity contribution is 7.15. The molecule has 0 saturated heterocycles. The number of rotatable bonds is 6. The third kappa shape index (κ3) is 4.61. The fraction of sp³-hybridized carbons (Fsp3) is 0.0500. The maximum Gasteiger partial charge on any atom is 0.277 e. The van der Waals surface area contributed by atoms with Crippen LogP contribution in [0.2, 0.25) is 0 Å². The maximum absolute atomic E-state index is 13.8. The van der Waals surface area contributed by atoms with Gasteiger partial charge in [0.05, 0.1) is 10.6 Å². The van der Waals surface area contributed by atoms with E-state index >= 15 is 0 Å². The molecule has 4 aromatic rings. The Kier molecular flexibility index (Phi) is 5.50. The molecule has 0 spiro atoms. The summed E-state index contributed by atoms with van der Waals surface area (Å²) in [6.07, 6.45) is 3.29. The zero-order chi connectivity index (χ0) is 22.0. The van der Waals surface area contributed by atoms with Crippen molar-refractivity contribution in [3.8, 4) is 5.69 Å². The van der Waals surface area contributed by atoms with Gasteiger partial charge < -0.3 is 0 Å². The highest BCUT2D eigenvalue weighted by atomic mass is 32.1. The van der Waals surface area contributed by atoms with E-state index in [4.69, 9.17) is 0 Å². The van der Waals surface area contributed by atoms with Crippen molar-refractivity contribution in [2.75, 3.05) is 5.32 Å². The predicted molar refractivity (Wildman–Crippen MR) is 109 cm³/mol. The lowest BCUT2D eigenvalue weighted by Gasteiger charge is -2.01. The normalized spacial score (nSPS) is 10.8. The van der Waals surface area contributed by atoms with Crippen molar-refractivity contribution in [2.45, 2.75) is 6.42 Å². The van der Waals surface area contributed by atoms with E-state index in [0.29, 0.717) is 21.3 Å². The number of thiazole rings is 1. The van der Waals surface area contributed by atoms with Crippen molar-refractivity contribution in [3.05, 3.63) is 98.8 Å². The molecule has 0 atom stereocenters. The lowest BCUT2D eigenvalue weighted by atomic mass is 10.1. The molecule has 0 aliphatic rings. The number of benzene rings is 2. The summed E-state index contributed by atoms with van der Waals surface area (Å²) in [7, 11) is 0. The lowest BCUT2D eigenvalue weighted by molar-refractivity contribution is -0.384. The molecule has 0 aliphatic heterocycles. The quantitative estimate of drug-likeness (QED) is 0.354. The number of aromatic nitrogens is 3. The van der Waals surface area contributed by atoms with Crippen LogP contribution >= 0.6 is 11.3 Å². The van der Waals surface area contributed by atoms with Gasteiger partial charge in [-0.1, -0.05) is 6.07 Å². The third-order valence-electron chi connectivity index (χ3n) is 4.30. The zero-order valence-corrected chi connectivity index (χ0v) is 16.5. The van der Waals surface area contributed by atoms with Crippen LogP contribution in [0.15, 0.2) is 60.9 Å². The average Bonchev–Trinajstić information content (AvgIpc) is 3.40. The Balaban J connectivity index is 1.43. The Morgan fingerprint density at radius 3 is 2.65 bits per heavy atom. The number of nitro benzene ring substituents is 1. The summed E-state index contributed by atoms with van der Waals surface area (Å²) in [5.74, 6) is -1.78. The van der Waals surface area contributed by atoms with Gasteiger partial charge in [-0.3, -0.25) is 20.2 Å². The van der Waals surface area contributed by atoms with Gasteiger partial charge in [-0.15, -0.1) is 11.3 Å². The van der Waals surface area contributed by atoms with E-state index in [9.17, 15) is 23.7 Å². The second kappa shape index (κ2) is 8.40. The average molecular weight is 441 g/mol. The third-order valence-corrected chi connectivity index (χ3v) is 5.21. The number of nitrogens with one attached hydrogen (secondary N) is 1. The van der Waals surface area contributed by atoms with Crippen LogP contribution in [-0.2, 0) is 6.42 Å². The predicted octanol–water partition coefficient (Wildman–Crippen LogP) is 4.36. The van der Waals surface area contributed by atoms with E-state index in [1.54, 1.807) is 6.20 Å². The molecule has 1 amide bonds. The summed E-state index contributed by atoms with van der Waals surface area (Å²) in [6.45, 7) is 0. The molecule has 1 N–H and O–H groups in total. The molecule has 2 aromatic carbocycles.